The number of benzene rings is 2. The third kappa shape index (κ3) is 6.86. The van der Waals surface area contributed by atoms with Crippen LogP contribution in [0, 0.1) is 0 Å². The molecule has 3 rings (SSSR count). The van der Waals surface area contributed by atoms with Crippen LogP contribution in [0.3, 0.4) is 0 Å². The lowest BCUT2D eigenvalue weighted by molar-refractivity contribution is -0.118. The molecule has 0 spiro atoms. The highest BCUT2D eigenvalue weighted by molar-refractivity contribution is 7.99. The Balaban J connectivity index is 0.00000320. The summed E-state index contributed by atoms with van der Waals surface area (Å²) < 4.78 is 1.11. The van der Waals surface area contributed by atoms with E-state index in [-0.39, 0.29) is 18.3 Å². The maximum absolute atomic E-state index is 13.1. The van der Waals surface area contributed by atoms with Crippen LogP contribution < -0.4 is 4.90 Å². The van der Waals surface area contributed by atoms with Gasteiger partial charge in [-0.25, -0.2) is 4.98 Å². The van der Waals surface area contributed by atoms with Crippen LogP contribution in [0.5, 0.6) is 0 Å². The second kappa shape index (κ2) is 12.5. The zero-order valence-corrected chi connectivity index (χ0v) is 20.4. The number of likely N-dealkylation sites (N-methyl/N-ethyl adjacent to an activating group) is 1. The molecule has 0 saturated heterocycles. The van der Waals surface area contributed by atoms with Gasteiger partial charge < -0.3 is 4.90 Å². The Morgan fingerprint density at radius 1 is 1.07 bits per heavy atom. The number of aromatic nitrogens is 1. The number of fused-ring (bicyclic) bond motifs is 1. The van der Waals surface area contributed by atoms with Gasteiger partial charge >= 0.3 is 0 Å². The fourth-order valence-corrected chi connectivity index (χ4v) is 4.98. The summed E-state index contributed by atoms with van der Waals surface area (Å²) in [5.74, 6) is 0.852. The number of amides is 1. The number of rotatable bonds is 10. The van der Waals surface area contributed by atoms with E-state index < -0.39 is 0 Å². The Labute approximate surface area is 198 Å². The maximum atomic E-state index is 13.1. The SMILES string of the molecule is CCN(CC)CCN(C(=O)CCSc1ccc(Cl)cc1)c1nc2ccccc2s1.Cl. The number of anilines is 1. The number of para-hydroxylation sites is 1. The largest absolute Gasteiger partial charge is 0.302 e. The van der Waals surface area contributed by atoms with E-state index in [2.05, 4.69) is 24.8 Å². The molecule has 3 aromatic rings. The number of thiazole rings is 1. The molecule has 162 valence electrons. The van der Waals surface area contributed by atoms with Crippen LogP contribution in [-0.2, 0) is 4.79 Å². The zero-order chi connectivity index (χ0) is 20.6. The Kier molecular flexibility index (Phi) is 10.4. The van der Waals surface area contributed by atoms with Gasteiger partial charge in [-0.3, -0.25) is 9.69 Å². The van der Waals surface area contributed by atoms with E-state index in [0.717, 1.165) is 50.7 Å². The molecule has 0 atom stereocenters. The number of carbonyl (C=O) groups excluding carboxylic acids is 1. The molecule has 1 aromatic heterocycles. The van der Waals surface area contributed by atoms with Crippen molar-refractivity contribution in [3.8, 4) is 0 Å². The van der Waals surface area contributed by atoms with Gasteiger partial charge in [0.2, 0.25) is 5.91 Å². The second-order valence-electron chi connectivity index (χ2n) is 6.59. The van der Waals surface area contributed by atoms with Crippen molar-refractivity contribution in [3.05, 3.63) is 53.6 Å². The molecule has 30 heavy (non-hydrogen) atoms. The molecule has 0 unspecified atom stereocenters. The monoisotopic (exact) mass is 483 g/mol. The maximum Gasteiger partial charge on any atom is 0.229 e. The lowest BCUT2D eigenvalue weighted by Gasteiger charge is -2.24. The first-order valence-electron chi connectivity index (χ1n) is 9.87. The van der Waals surface area contributed by atoms with Crippen molar-refractivity contribution in [2.24, 2.45) is 0 Å². The first kappa shape index (κ1) is 25.0. The van der Waals surface area contributed by atoms with Crippen molar-refractivity contribution in [3.63, 3.8) is 0 Å². The summed E-state index contributed by atoms with van der Waals surface area (Å²) in [5.41, 5.74) is 0.948. The summed E-state index contributed by atoms with van der Waals surface area (Å²) in [6, 6.07) is 15.8. The van der Waals surface area contributed by atoms with Crippen molar-refractivity contribution < 1.29 is 4.79 Å². The molecular formula is C22H27Cl2N3OS2. The first-order chi connectivity index (χ1) is 14.1. The highest BCUT2D eigenvalue weighted by Gasteiger charge is 2.20. The van der Waals surface area contributed by atoms with Gasteiger partial charge in [0.1, 0.15) is 0 Å². The van der Waals surface area contributed by atoms with Crippen molar-refractivity contribution in [2.45, 2.75) is 25.2 Å². The molecule has 0 aliphatic heterocycles. The van der Waals surface area contributed by atoms with Gasteiger partial charge in [0.05, 0.1) is 10.2 Å². The fourth-order valence-electron chi connectivity index (χ4n) is 3.01. The minimum atomic E-state index is 0. The number of carbonyl (C=O) groups is 1. The number of halogens is 2. The molecule has 8 heteroatoms. The van der Waals surface area contributed by atoms with Gasteiger partial charge in [-0.15, -0.1) is 24.2 Å². The number of nitrogens with zero attached hydrogens (tertiary/aromatic N) is 3. The van der Waals surface area contributed by atoms with Gasteiger partial charge in [0.25, 0.3) is 0 Å². The standard InChI is InChI=1S/C22H26ClN3OS2.ClH/c1-3-25(4-2)14-15-26(22-24-19-7-5-6-8-20(19)29-22)21(27)13-16-28-18-11-9-17(23)10-12-18;/h5-12H,3-4,13-16H2,1-2H3;1H. The molecule has 2 aromatic carbocycles. The van der Waals surface area contributed by atoms with Gasteiger partial charge in [0, 0.05) is 35.2 Å². The van der Waals surface area contributed by atoms with E-state index in [9.17, 15) is 4.79 Å². The van der Waals surface area contributed by atoms with Crippen molar-refractivity contribution >= 4 is 68.4 Å². The summed E-state index contributed by atoms with van der Waals surface area (Å²) in [5, 5.41) is 1.52. The average Bonchev–Trinajstić information content (AvgIpc) is 3.16. The average molecular weight is 485 g/mol. The Hall–Kier alpha value is -1.31. The minimum absolute atomic E-state index is 0. The highest BCUT2D eigenvalue weighted by Crippen LogP contribution is 2.29. The lowest BCUT2D eigenvalue weighted by atomic mass is 10.3. The predicted octanol–water partition coefficient (Wildman–Crippen LogP) is 6.23. The molecule has 0 radical (unpaired) electrons. The summed E-state index contributed by atoms with van der Waals surface area (Å²) >= 11 is 9.20. The van der Waals surface area contributed by atoms with Gasteiger partial charge in [-0.2, -0.15) is 0 Å². The molecule has 0 bridgehead atoms. The Morgan fingerprint density at radius 2 is 1.77 bits per heavy atom. The molecule has 0 aliphatic rings. The fraction of sp³-hybridized carbons (Fsp3) is 0.364. The highest BCUT2D eigenvalue weighted by atomic mass is 35.5. The van der Waals surface area contributed by atoms with E-state index in [4.69, 9.17) is 16.6 Å². The smallest absolute Gasteiger partial charge is 0.229 e. The van der Waals surface area contributed by atoms with E-state index in [1.165, 1.54) is 0 Å². The summed E-state index contributed by atoms with van der Waals surface area (Å²) in [4.78, 5) is 23.1. The summed E-state index contributed by atoms with van der Waals surface area (Å²) in [6.07, 6.45) is 0.474. The van der Waals surface area contributed by atoms with E-state index >= 15 is 0 Å². The Morgan fingerprint density at radius 3 is 2.43 bits per heavy atom. The molecule has 0 N–H and O–H groups in total. The number of thioether (sulfide) groups is 1. The topological polar surface area (TPSA) is 36.4 Å². The molecule has 1 amide bonds. The number of hydrogen-bond donors (Lipinski definition) is 0. The van der Waals surface area contributed by atoms with Gasteiger partial charge in [-0.05, 0) is 49.5 Å². The molecule has 0 aliphatic carbocycles. The van der Waals surface area contributed by atoms with E-state index in [1.807, 2.05) is 47.4 Å². The molecule has 1 heterocycles. The zero-order valence-electron chi connectivity index (χ0n) is 17.2. The second-order valence-corrected chi connectivity index (χ2v) is 9.20. The van der Waals surface area contributed by atoms with Gasteiger partial charge in [-0.1, -0.05) is 48.9 Å². The van der Waals surface area contributed by atoms with E-state index in [0.29, 0.717) is 13.0 Å². The molecule has 0 saturated carbocycles. The van der Waals surface area contributed by atoms with E-state index in [1.54, 1.807) is 23.1 Å². The summed E-state index contributed by atoms with van der Waals surface area (Å²) in [6.45, 7) is 7.76. The van der Waals surface area contributed by atoms with Crippen molar-refractivity contribution in [1.82, 2.24) is 9.88 Å². The molecule has 0 fully saturated rings. The van der Waals surface area contributed by atoms with Crippen molar-refractivity contribution in [2.75, 3.05) is 36.8 Å². The predicted molar refractivity (Wildman–Crippen MR) is 134 cm³/mol. The molecule has 4 nitrogen and oxygen atoms in total. The normalized spacial score (nSPS) is 10.9. The molecular weight excluding hydrogens is 457 g/mol. The quantitative estimate of drug-likeness (QED) is 0.320. The summed E-state index contributed by atoms with van der Waals surface area (Å²) in [7, 11) is 0. The third-order valence-electron chi connectivity index (χ3n) is 4.75. The first-order valence-corrected chi connectivity index (χ1v) is 12.1. The minimum Gasteiger partial charge on any atom is -0.302 e. The van der Waals surface area contributed by atoms with Crippen LogP contribution in [-0.4, -0.2) is 47.7 Å². The number of hydrogen-bond acceptors (Lipinski definition) is 5. The van der Waals surface area contributed by atoms with Crippen LogP contribution in [0.1, 0.15) is 20.3 Å². The lowest BCUT2D eigenvalue weighted by Crippen LogP contribution is -2.39. The van der Waals surface area contributed by atoms with Crippen LogP contribution in [0.15, 0.2) is 53.4 Å². The van der Waals surface area contributed by atoms with Crippen LogP contribution >= 0.6 is 47.1 Å². The Bertz CT molecular complexity index is 897. The third-order valence-corrected chi connectivity index (χ3v) is 7.07. The van der Waals surface area contributed by atoms with Gasteiger partial charge in [0.15, 0.2) is 5.13 Å². The van der Waals surface area contributed by atoms with Crippen LogP contribution in [0.4, 0.5) is 5.13 Å². The van der Waals surface area contributed by atoms with Crippen LogP contribution in [0.25, 0.3) is 10.2 Å². The van der Waals surface area contributed by atoms with Crippen LogP contribution in [0.2, 0.25) is 5.02 Å². The van der Waals surface area contributed by atoms with Crippen molar-refractivity contribution in [1.29, 1.82) is 0 Å².